The van der Waals surface area contributed by atoms with Crippen LogP contribution in [0.25, 0.3) is 0 Å². The number of carbonyl (C=O) groups excluding carboxylic acids is 4. The van der Waals surface area contributed by atoms with Gasteiger partial charge in [-0.1, -0.05) is 283 Å². The van der Waals surface area contributed by atoms with E-state index in [-0.39, 0.29) is 46.2 Å². The van der Waals surface area contributed by atoms with Gasteiger partial charge >= 0.3 is 35.8 Å². The summed E-state index contributed by atoms with van der Waals surface area (Å²) in [5, 5.41) is 22.0. The van der Waals surface area contributed by atoms with Crippen LogP contribution in [0.5, 0.6) is 0 Å². The van der Waals surface area contributed by atoms with E-state index in [9.17, 15) is 29.4 Å². The van der Waals surface area contributed by atoms with E-state index in [1.54, 1.807) is 24.3 Å². The number of rotatable bonds is 40. The summed E-state index contributed by atoms with van der Waals surface area (Å²) in [7, 11) is 0. The van der Waals surface area contributed by atoms with Crippen molar-refractivity contribution in [3.8, 4) is 0 Å². The minimum atomic E-state index is -1.38. The molecule has 0 aliphatic carbocycles. The van der Waals surface area contributed by atoms with Crippen LogP contribution in [0.1, 0.15) is 300 Å². The van der Waals surface area contributed by atoms with Crippen LogP contribution in [0.2, 0.25) is 0 Å². The van der Waals surface area contributed by atoms with Gasteiger partial charge in [0.25, 0.3) is 0 Å². The Balaban J connectivity index is -0.000000986. The number of esters is 2. The first-order valence-electron chi connectivity index (χ1n) is 28.1. The molecule has 71 heavy (non-hydrogen) atoms. The van der Waals surface area contributed by atoms with Gasteiger partial charge in [0.1, 0.15) is 0 Å². The smallest absolute Gasteiger partial charge is 0.545 e. The van der Waals surface area contributed by atoms with Crippen molar-refractivity contribution < 1.29 is 38.9 Å². The Morgan fingerprint density at radius 3 is 0.845 bits per heavy atom. The van der Waals surface area contributed by atoms with E-state index in [0.717, 1.165) is 38.5 Å². The molecule has 0 bridgehead atoms. The van der Waals surface area contributed by atoms with E-state index in [2.05, 4.69) is 41.5 Å². The Bertz CT molecular complexity index is 1440. The summed E-state index contributed by atoms with van der Waals surface area (Å²) in [6, 6.07) is 11.8. The monoisotopic (exact) mass is 1090 g/mol. The fourth-order valence-corrected chi connectivity index (χ4v) is 7.57. The summed E-state index contributed by atoms with van der Waals surface area (Å²) in [6.07, 6.45) is 52.6. The molecule has 0 spiro atoms. The van der Waals surface area contributed by atoms with E-state index in [1.807, 2.05) is 12.2 Å². The Kier molecular flexibility index (Phi) is 58.2. The maximum atomic E-state index is 11.9. The van der Waals surface area contributed by atoms with Crippen molar-refractivity contribution in [2.45, 2.75) is 259 Å². The molecule has 9 heteroatoms. The molecule has 2 aromatic rings. The minimum Gasteiger partial charge on any atom is -0.545 e. The summed E-state index contributed by atoms with van der Waals surface area (Å²) in [5.74, 6) is -4.12. The fourth-order valence-electron chi connectivity index (χ4n) is 7.57. The van der Waals surface area contributed by atoms with Gasteiger partial charge in [-0.15, -0.1) is 0 Å². The molecule has 0 aliphatic heterocycles. The van der Waals surface area contributed by atoms with Crippen LogP contribution < -0.4 is 10.2 Å². The molecule has 0 aromatic heterocycles. The van der Waals surface area contributed by atoms with Gasteiger partial charge in [-0.05, 0) is 50.0 Å². The third kappa shape index (κ3) is 47.4. The maximum Gasteiger partial charge on any atom is 2.00 e. The third-order valence-electron chi connectivity index (χ3n) is 11.9. The van der Waals surface area contributed by atoms with E-state index in [4.69, 9.17) is 9.47 Å². The molecule has 0 N–H and O–H groups in total. The molecule has 0 atom stereocenters. The third-order valence-corrected chi connectivity index (χ3v) is 11.9. The minimum absolute atomic E-state index is 0. The van der Waals surface area contributed by atoms with Crippen LogP contribution in [-0.2, 0) is 9.47 Å². The largest absolute Gasteiger partial charge is 2.00 e. The Hall–Kier alpha value is -3.40. The van der Waals surface area contributed by atoms with Gasteiger partial charge in [-0.3, -0.25) is 0 Å². The number of allylic oxidation sites excluding steroid dienone is 2. The second-order valence-corrected chi connectivity index (χ2v) is 18.4. The Morgan fingerprint density at radius 2 is 0.606 bits per heavy atom. The molecule has 2 aromatic carbocycles. The number of carbonyl (C=O) groups is 4. The normalized spacial score (nSPS) is 10.6. The Labute approximate surface area is 452 Å². The molecule has 0 heterocycles. The van der Waals surface area contributed by atoms with Crippen LogP contribution in [0.3, 0.4) is 0 Å². The van der Waals surface area contributed by atoms with Gasteiger partial charge in [-0.25, -0.2) is 9.59 Å². The van der Waals surface area contributed by atoms with Crippen molar-refractivity contribution in [2.24, 2.45) is 0 Å². The zero-order valence-corrected chi connectivity index (χ0v) is 48.4. The zero-order valence-electron chi connectivity index (χ0n) is 45.6. The summed E-state index contributed by atoms with van der Waals surface area (Å²) in [6.45, 7) is 16.5. The van der Waals surface area contributed by atoms with Gasteiger partial charge in [-0.2, -0.15) is 0 Å². The molecule has 4 radical (unpaired) electrons. The second-order valence-electron chi connectivity index (χ2n) is 18.4. The number of carboxylic acid groups (broad SMARTS) is 2. The molecule has 0 saturated carbocycles. The zero-order chi connectivity index (χ0) is 52.0. The predicted molar refractivity (Wildman–Crippen MR) is 296 cm³/mol. The van der Waals surface area contributed by atoms with Gasteiger partial charge in [0, 0.05) is 11.1 Å². The molecule has 8 nitrogen and oxygen atoms in total. The van der Waals surface area contributed by atoms with Crippen LogP contribution in [0, 0.1) is 13.8 Å². The van der Waals surface area contributed by atoms with Gasteiger partial charge < -0.3 is 29.3 Å². The first kappa shape index (κ1) is 71.8. The predicted octanol–water partition coefficient (Wildman–Crippen LogP) is 16.8. The van der Waals surface area contributed by atoms with E-state index >= 15 is 0 Å². The number of hydrogen-bond acceptors (Lipinski definition) is 8. The summed E-state index contributed by atoms with van der Waals surface area (Å²) < 4.78 is 10.0. The summed E-state index contributed by atoms with van der Waals surface area (Å²) >= 11 is 0. The van der Waals surface area contributed by atoms with E-state index < -0.39 is 23.9 Å². The van der Waals surface area contributed by atoms with Crippen LogP contribution in [0.15, 0.2) is 73.2 Å². The van der Waals surface area contributed by atoms with E-state index in [0.29, 0.717) is 0 Å². The average Bonchev–Trinajstić information content (AvgIpc) is 3.37. The van der Waals surface area contributed by atoms with Crippen molar-refractivity contribution in [2.75, 3.05) is 0 Å². The van der Waals surface area contributed by atoms with Gasteiger partial charge in [0.05, 0.1) is 35.6 Å². The van der Waals surface area contributed by atoms with Crippen LogP contribution in [0.4, 0.5) is 0 Å². The first-order chi connectivity index (χ1) is 34.2. The van der Waals surface area contributed by atoms with Crippen molar-refractivity contribution in [1.82, 2.24) is 0 Å². The van der Waals surface area contributed by atoms with Crippen molar-refractivity contribution in [3.05, 3.63) is 109 Å². The number of hydrogen-bond donors (Lipinski definition) is 0. The van der Waals surface area contributed by atoms with Gasteiger partial charge in [0.2, 0.25) is 0 Å². The molecular weight excluding hydrogens is 991 g/mol. The average molecular weight is 1090 g/mol. The first-order valence-corrected chi connectivity index (χ1v) is 28.1. The van der Waals surface area contributed by atoms with Crippen molar-refractivity contribution in [1.29, 1.82) is 0 Å². The SMILES string of the molecule is CCCCCCCCCCCCC/C=C/OC(=O)c1ccccc1C(=O)[O-].CCCCCCCCCCCCC/C=C/OC(=O)c1ccccc1C(=O)[O-].[CH2]CCCCCCC.[CH2]CCCCCCC.[Sn+2]. The Morgan fingerprint density at radius 1 is 0.380 bits per heavy atom. The fraction of sp³-hybridized carbons (Fsp3) is 0.645. The summed E-state index contributed by atoms with van der Waals surface area (Å²) in [4.78, 5) is 45.8. The molecule has 0 amide bonds. The number of aromatic carboxylic acids is 2. The standard InChI is InChI=1S/2C23H34O4.2C8H17.Sn/c2*1-2-3-4-5-6-7-8-9-10-11-12-13-16-19-27-23(26)21-18-15-14-17-20(21)22(24)25;2*1-3-5-7-8-6-4-2;/h2*14-19H,2-13H2,1H3,(H,24,25);2*1,3-8H2,2H3;/q;;;;+2/p-2/b2*19-16+;;;. The number of benzene rings is 2. The second kappa shape index (κ2) is 57.5. The topological polar surface area (TPSA) is 133 Å². The number of unbranched alkanes of at least 4 members (excludes halogenated alkanes) is 32. The molecule has 2 rings (SSSR count). The van der Waals surface area contributed by atoms with Gasteiger partial charge in [0.15, 0.2) is 0 Å². The van der Waals surface area contributed by atoms with Crippen LogP contribution in [-0.4, -0.2) is 47.8 Å². The number of carboxylic acids is 2. The van der Waals surface area contributed by atoms with E-state index in [1.165, 1.54) is 229 Å². The molecular formula is C62H100O8Sn. The number of ether oxygens (including phenoxy) is 2. The van der Waals surface area contributed by atoms with Crippen LogP contribution >= 0.6 is 0 Å². The maximum absolute atomic E-state index is 11.9. The van der Waals surface area contributed by atoms with Crippen molar-refractivity contribution in [3.63, 3.8) is 0 Å². The molecule has 0 aliphatic rings. The quantitative estimate of drug-likeness (QED) is 0.0279. The molecule has 400 valence electrons. The summed E-state index contributed by atoms with van der Waals surface area (Å²) in [5.41, 5.74) is -0.281. The molecule has 0 fully saturated rings. The molecule has 0 saturated heterocycles. The molecule has 0 unspecified atom stereocenters. The van der Waals surface area contributed by atoms with Crippen molar-refractivity contribution >= 4 is 47.8 Å².